The van der Waals surface area contributed by atoms with Gasteiger partial charge in [0.05, 0.1) is 17.5 Å². The molecule has 1 aliphatic heterocycles. The second kappa shape index (κ2) is 7.27. The van der Waals surface area contributed by atoms with E-state index in [-0.39, 0.29) is 28.9 Å². The molecule has 26 heavy (non-hydrogen) atoms. The second-order valence-electron chi connectivity index (χ2n) is 7.06. The minimum atomic E-state index is -0.633. The fraction of sp³-hybridized carbons (Fsp3) is 0.474. The number of benzene rings is 1. The van der Waals surface area contributed by atoms with Crippen molar-refractivity contribution in [2.24, 2.45) is 5.41 Å². The van der Waals surface area contributed by atoms with Gasteiger partial charge in [0.2, 0.25) is 5.91 Å². The van der Waals surface area contributed by atoms with Crippen LogP contribution in [0.25, 0.3) is 0 Å². The molecular weight excluding hydrogens is 336 g/mol. The Morgan fingerprint density at radius 2 is 1.65 bits per heavy atom. The predicted molar refractivity (Wildman–Crippen MR) is 91.9 cm³/mol. The van der Waals surface area contributed by atoms with E-state index in [2.05, 4.69) is 5.32 Å². The van der Waals surface area contributed by atoms with Crippen LogP contribution < -0.4 is 5.32 Å². The summed E-state index contributed by atoms with van der Waals surface area (Å²) < 4.78 is 0. The van der Waals surface area contributed by atoms with E-state index in [0.29, 0.717) is 11.6 Å². The van der Waals surface area contributed by atoms with Gasteiger partial charge in [-0.25, -0.2) is 4.79 Å². The SMILES string of the molecule is CC(=O)NCC1(CC(=O)ON2C(=O)c3ccccc3C2=O)CCCCC1. The molecule has 1 fully saturated rings. The van der Waals surface area contributed by atoms with Gasteiger partial charge in [0, 0.05) is 13.5 Å². The summed E-state index contributed by atoms with van der Waals surface area (Å²) in [6.07, 6.45) is 4.69. The fourth-order valence-electron chi connectivity index (χ4n) is 3.72. The number of nitrogens with zero attached hydrogens (tertiary/aromatic N) is 1. The molecule has 7 nitrogen and oxygen atoms in total. The average molecular weight is 358 g/mol. The number of rotatable bonds is 5. The van der Waals surface area contributed by atoms with Crippen molar-refractivity contribution < 1.29 is 24.0 Å². The minimum Gasteiger partial charge on any atom is -0.356 e. The van der Waals surface area contributed by atoms with Crippen LogP contribution >= 0.6 is 0 Å². The summed E-state index contributed by atoms with van der Waals surface area (Å²) in [6, 6.07) is 6.37. The monoisotopic (exact) mass is 358 g/mol. The average Bonchev–Trinajstić information content (AvgIpc) is 2.86. The van der Waals surface area contributed by atoms with Gasteiger partial charge in [0.15, 0.2) is 0 Å². The number of imide groups is 1. The highest BCUT2D eigenvalue weighted by Crippen LogP contribution is 2.39. The van der Waals surface area contributed by atoms with E-state index in [1.165, 1.54) is 19.1 Å². The third-order valence-corrected chi connectivity index (χ3v) is 5.10. The zero-order valence-electron chi connectivity index (χ0n) is 14.7. The number of carbonyl (C=O) groups is 4. The molecule has 1 aromatic carbocycles. The lowest BCUT2D eigenvalue weighted by Gasteiger charge is -2.36. The fourth-order valence-corrected chi connectivity index (χ4v) is 3.72. The normalized spacial score (nSPS) is 18.4. The molecule has 7 heteroatoms. The van der Waals surface area contributed by atoms with Gasteiger partial charge in [-0.2, -0.15) is 0 Å². The molecule has 1 aliphatic carbocycles. The quantitative estimate of drug-likeness (QED) is 0.815. The molecule has 0 saturated heterocycles. The van der Waals surface area contributed by atoms with Crippen LogP contribution in [0, 0.1) is 5.41 Å². The Morgan fingerprint density at radius 1 is 1.08 bits per heavy atom. The molecule has 1 saturated carbocycles. The summed E-state index contributed by atoms with van der Waals surface area (Å²) in [5.74, 6) is -2.03. The maximum atomic E-state index is 12.5. The van der Waals surface area contributed by atoms with Gasteiger partial charge >= 0.3 is 5.97 Å². The molecule has 3 amide bonds. The zero-order chi connectivity index (χ0) is 18.7. The van der Waals surface area contributed by atoms with Crippen LogP contribution in [0.2, 0.25) is 0 Å². The number of nitrogens with one attached hydrogen (secondary N) is 1. The highest BCUT2D eigenvalue weighted by Gasteiger charge is 2.41. The van der Waals surface area contributed by atoms with Gasteiger partial charge in [-0.15, -0.1) is 0 Å². The maximum absolute atomic E-state index is 12.5. The van der Waals surface area contributed by atoms with E-state index < -0.39 is 17.8 Å². The van der Waals surface area contributed by atoms with Gasteiger partial charge in [0.25, 0.3) is 11.8 Å². The van der Waals surface area contributed by atoms with Gasteiger partial charge in [0.1, 0.15) is 0 Å². The molecule has 0 aromatic heterocycles. The van der Waals surface area contributed by atoms with Gasteiger partial charge in [-0.1, -0.05) is 36.5 Å². The summed E-state index contributed by atoms with van der Waals surface area (Å²) in [5, 5.41) is 3.34. The molecule has 1 heterocycles. The van der Waals surface area contributed by atoms with Crippen LogP contribution in [0.4, 0.5) is 0 Å². The number of hydrogen-bond acceptors (Lipinski definition) is 5. The smallest absolute Gasteiger partial charge is 0.333 e. The van der Waals surface area contributed by atoms with Crippen molar-refractivity contribution in [2.45, 2.75) is 45.4 Å². The Hall–Kier alpha value is -2.70. The van der Waals surface area contributed by atoms with Crippen LogP contribution in [-0.4, -0.2) is 35.3 Å². The summed E-state index contributed by atoms with van der Waals surface area (Å²) in [7, 11) is 0. The lowest BCUT2D eigenvalue weighted by molar-refractivity contribution is -0.172. The molecule has 3 rings (SSSR count). The number of hydroxylamine groups is 2. The lowest BCUT2D eigenvalue weighted by Crippen LogP contribution is -2.41. The Balaban J connectivity index is 1.68. The Morgan fingerprint density at radius 3 is 2.19 bits per heavy atom. The third-order valence-electron chi connectivity index (χ3n) is 5.10. The van der Waals surface area contributed by atoms with E-state index in [1.54, 1.807) is 12.1 Å². The number of carbonyl (C=O) groups excluding carboxylic acids is 4. The molecule has 1 aromatic rings. The second-order valence-corrected chi connectivity index (χ2v) is 7.06. The Labute approximate surface area is 151 Å². The number of amides is 3. The molecular formula is C19H22N2O5. The Bertz CT molecular complexity index is 717. The van der Waals surface area contributed by atoms with Gasteiger partial charge in [-0.3, -0.25) is 14.4 Å². The molecule has 1 N–H and O–H groups in total. The Kier molecular flexibility index (Phi) is 5.06. The van der Waals surface area contributed by atoms with Crippen molar-refractivity contribution in [1.29, 1.82) is 0 Å². The topological polar surface area (TPSA) is 92.8 Å². The van der Waals surface area contributed by atoms with E-state index in [0.717, 1.165) is 32.1 Å². The first-order chi connectivity index (χ1) is 12.4. The third kappa shape index (κ3) is 3.61. The zero-order valence-corrected chi connectivity index (χ0v) is 14.7. The molecule has 0 spiro atoms. The lowest BCUT2D eigenvalue weighted by atomic mass is 9.71. The van der Waals surface area contributed by atoms with E-state index in [4.69, 9.17) is 4.84 Å². The molecule has 0 unspecified atom stereocenters. The molecule has 2 aliphatic rings. The van der Waals surface area contributed by atoms with Crippen molar-refractivity contribution in [2.75, 3.05) is 6.54 Å². The summed E-state index contributed by atoms with van der Waals surface area (Å²) >= 11 is 0. The number of fused-ring (bicyclic) bond motifs is 1. The van der Waals surface area contributed by atoms with E-state index in [1.807, 2.05) is 0 Å². The molecule has 0 radical (unpaired) electrons. The first-order valence-electron chi connectivity index (χ1n) is 8.85. The first-order valence-corrected chi connectivity index (χ1v) is 8.85. The summed E-state index contributed by atoms with van der Waals surface area (Å²) in [4.78, 5) is 53.5. The van der Waals surface area contributed by atoms with Crippen LogP contribution in [0.1, 0.15) is 66.2 Å². The van der Waals surface area contributed by atoms with Crippen LogP contribution in [0.15, 0.2) is 24.3 Å². The van der Waals surface area contributed by atoms with Crippen molar-refractivity contribution in [3.63, 3.8) is 0 Å². The van der Waals surface area contributed by atoms with Crippen molar-refractivity contribution in [1.82, 2.24) is 10.4 Å². The van der Waals surface area contributed by atoms with Crippen molar-refractivity contribution in [3.05, 3.63) is 35.4 Å². The largest absolute Gasteiger partial charge is 0.356 e. The van der Waals surface area contributed by atoms with Crippen LogP contribution in [0.5, 0.6) is 0 Å². The van der Waals surface area contributed by atoms with Crippen molar-refractivity contribution >= 4 is 23.7 Å². The maximum Gasteiger partial charge on any atom is 0.333 e. The minimum absolute atomic E-state index is 0.0562. The van der Waals surface area contributed by atoms with Gasteiger partial charge < -0.3 is 10.2 Å². The van der Waals surface area contributed by atoms with Gasteiger partial charge in [-0.05, 0) is 30.4 Å². The van der Waals surface area contributed by atoms with E-state index >= 15 is 0 Å². The highest BCUT2D eigenvalue weighted by atomic mass is 16.7. The predicted octanol–water partition coefficient (Wildman–Crippen LogP) is 2.22. The number of hydrogen-bond donors (Lipinski definition) is 1. The molecule has 0 atom stereocenters. The highest BCUT2D eigenvalue weighted by molar-refractivity contribution is 6.20. The first kappa shape index (κ1) is 18.1. The van der Waals surface area contributed by atoms with E-state index in [9.17, 15) is 19.2 Å². The van der Waals surface area contributed by atoms with Crippen LogP contribution in [0.3, 0.4) is 0 Å². The van der Waals surface area contributed by atoms with Crippen LogP contribution in [-0.2, 0) is 14.4 Å². The standard InChI is InChI=1S/C19H22N2O5/c1-13(22)20-12-19(9-5-2-6-10-19)11-16(23)26-21-17(24)14-7-3-4-8-15(14)18(21)25/h3-4,7-8H,2,5-6,9-12H2,1H3,(H,20,22). The summed E-state index contributed by atoms with van der Waals surface area (Å²) in [5.41, 5.74) is 0.0755. The van der Waals surface area contributed by atoms with Crippen molar-refractivity contribution in [3.8, 4) is 0 Å². The summed E-state index contributed by atoms with van der Waals surface area (Å²) in [6.45, 7) is 1.83. The molecule has 0 bridgehead atoms. The molecule has 138 valence electrons.